The Bertz CT molecular complexity index is 577. The van der Waals surface area contributed by atoms with Crippen molar-refractivity contribution in [3.63, 3.8) is 0 Å². The topological polar surface area (TPSA) is 50.4 Å². The summed E-state index contributed by atoms with van der Waals surface area (Å²) in [7, 11) is 4.57. The molecule has 0 radical (unpaired) electrons. The molecule has 0 atom stereocenters. The number of hydrogen-bond acceptors (Lipinski definition) is 3. The van der Waals surface area contributed by atoms with Gasteiger partial charge in [0.1, 0.15) is 5.76 Å². The van der Waals surface area contributed by atoms with Crippen LogP contribution in [0.5, 0.6) is 5.75 Å². The van der Waals surface area contributed by atoms with Gasteiger partial charge in [-0.3, -0.25) is 4.79 Å². The van der Waals surface area contributed by atoms with Gasteiger partial charge in [-0.2, -0.15) is 0 Å². The van der Waals surface area contributed by atoms with Gasteiger partial charge in [-0.25, -0.2) is 0 Å². The first-order chi connectivity index (χ1) is 9.91. The van der Waals surface area contributed by atoms with Crippen LogP contribution in [-0.2, 0) is 17.3 Å². The zero-order valence-corrected chi connectivity index (χ0v) is 16.0. The summed E-state index contributed by atoms with van der Waals surface area (Å²) in [4.78, 5) is 10.5. The Morgan fingerprint density at radius 2 is 1.59 bits per heavy atom. The molecule has 1 aromatic heterocycles. The van der Waals surface area contributed by atoms with Crippen LogP contribution in [0.2, 0.25) is 0 Å². The summed E-state index contributed by atoms with van der Waals surface area (Å²) in [6.07, 6.45) is 1.25. The predicted octanol–water partition coefficient (Wildman–Crippen LogP) is 4.91. The van der Waals surface area contributed by atoms with E-state index in [2.05, 4.69) is 59.1 Å². The molecule has 124 valence electrons. The Morgan fingerprint density at radius 3 is 1.95 bits per heavy atom. The van der Waals surface area contributed by atoms with E-state index in [9.17, 15) is 4.79 Å². The fraction of sp³-hybridized carbons (Fsp3) is 0.294. The van der Waals surface area contributed by atoms with E-state index >= 15 is 0 Å². The fourth-order valence-corrected chi connectivity index (χ4v) is 1.46. The van der Waals surface area contributed by atoms with Gasteiger partial charge in [-0.1, -0.05) is 43.7 Å². The molecule has 0 saturated heterocycles. The Morgan fingerprint density at radius 1 is 1.09 bits per heavy atom. The molecule has 0 aliphatic carbocycles. The molecule has 2 rings (SSSR count). The molecular formula is C17H23ClO3Ru. The normalized spacial score (nSPS) is 8.86. The summed E-state index contributed by atoms with van der Waals surface area (Å²) in [5.74, 6) is 0.598. The van der Waals surface area contributed by atoms with Gasteiger partial charge in [-0.05, 0) is 25.3 Å². The first-order valence-electron chi connectivity index (χ1n) is 6.39. The third kappa shape index (κ3) is 8.36. The molecule has 1 aromatic carbocycles. The standard InChI is InChI=1S/C10H14.C6H6O3.CH3.ClH.Ru/c1-8(2)10-6-4-9(3)5-7-10;1-4-6(8)5(7)2-3-9-4;;;/h4-8H,1-3H3;2-3,8H,1H3;1H3;1H;/q;;-1;;+2/p-1. The molecule has 0 aliphatic heterocycles. The van der Waals surface area contributed by atoms with E-state index < -0.39 is 5.43 Å². The molecule has 0 aliphatic rings. The van der Waals surface area contributed by atoms with Crippen LogP contribution in [0.15, 0.2) is 45.8 Å². The summed E-state index contributed by atoms with van der Waals surface area (Å²) < 4.78 is 4.69. The van der Waals surface area contributed by atoms with Crippen LogP contribution >= 0.6 is 9.69 Å². The summed E-state index contributed by atoms with van der Waals surface area (Å²) >= 11 is 1.82. The van der Waals surface area contributed by atoms with E-state index in [0.29, 0.717) is 5.92 Å². The van der Waals surface area contributed by atoms with Crippen molar-refractivity contribution in [1.82, 2.24) is 0 Å². The van der Waals surface area contributed by atoms with Crippen molar-refractivity contribution in [2.24, 2.45) is 0 Å². The number of benzene rings is 1. The van der Waals surface area contributed by atoms with E-state index in [1.54, 1.807) is 0 Å². The molecule has 0 saturated carbocycles. The number of hydrogen-bond donors (Lipinski definition) is 1. The van der Waals surface area contributed by atoms with Crippen molar-refractivity contribution in [2.75, 3.05) is 0 Å². The van der Waals surface area contributed by atoms with Crippen LogP contribution in [0.4, 0.5) is 0 Å². The van der Waals surface area contributed by atoms with E-state index in [1.165, 1.54) is 30.4 Å². The van der Waals surface area contributed by atoms with Crippen LogP contribution in [0.25, 0.3) is 0 Å². The molecule has 0 fully saturated rings. The van der Waals surface area contributed by atoms with Crippen molar-refractivity contribution < 1.29 is 26.8 Å². The van der Waals surface area contributed by atoms with Crippen LogP contribution in [0, 0.1) is 21.3 Å². The maximum atomic E-state index is 10.5. The van der Waals surface area contributed by atoms with E-state index in [-0.39, 0.29) is 18.9 Å². The monoisotopic (exact) mass is 412 g/mol. The average molecular weight is 412 g/mol. The van der Waals surface area contributed by atoms with E-state index in [4.69, 9.17) is 5.11 Å². The van der Waals surface area contributed by atoms with Gasteiger partial charge in [0.05, 0.1) is 6.26 Å². The quantitative estimate of drug-likeness (QED) is 0.535. The predicted molar refractivity (Wildman–Crippen MR) is 88.9 cm³/mol. The van der Waals surface area contributed by atoms with Crippen LogP contribution < -0.4 is 5.43 Å². The second-order valence-electron chi connectivity index (χ2n) is 4.76. The van der Waals surface area contributed by atoms with Crippen molar-refractivity contribution in [3.05, 3.63) is 71.1 Å². The van der Waals surface area contributed by atoms with Crippen molar-refractivity contribution in [1.29, 1.82) is 0 Å². The fourth-order valence-electron chi connectivity index (χ4n) is 1.46. The van der Waals surface area contributed by atoms with Crippen LogP contribution in [0.3, 0.4) is 0 Å². The van der Waals surface area contributed by atoms with Crippen LogP contribution in [0.1, 0.15) is 36.7 Å². The summed E-state index contributed by atoms with van der Waals surface area (Å²) in [6, 6.07) is 9.88. The summed E-state index contributed by atoms with van der Waals surface area (Å²) in [5, 5.41) is 8.80. The zero-order chi connectivity index (χ0) is 16.4. The Balaban J connectivity index is 0. The molecule has 0 spiro atoms. The Kier molecular flexibility index (Phi) is 13.1. The van der Waals surface area contributed by atoms with E-state index in [1.807, 2.05) is 17.3 Å². The second kappa shape index (κ2) is 12.4. The number of halogens is 1. The molecule has 1 heterocycles. The minimum absolute atomic E-state index is 0. The molecule has 2 aromatic rings. The first kappa shape index (κ1) is 23.2. The number of rotatable bonds is 1. The van der Waals surface area contributed by atoms with Crippen LogP contribution in [-0.4, -0.2) is 5.11 Å². The summed E-state index contributed by atoms with van der Waals surface area (Å²) in [6.45, 7) is 8.07. The average Bonchev–Trinajstić information content (AvgIpc) is 2.48. The minimum atomic E-state index is -0.404. The van der Waals surface area contributed by atoms with Gasteiger partial charge < -0.3 is 17.0 Å². The Hall–Kier alpha value is -1.12. The molecule has 1 N–H and O–H groups in total. The second-order valence-corrected chi connectivity index (χ2v) is 4.76. The van der Waals surface area contributed by atoms with Crippen molar-refractivity contribution in [3.8, 4) is 5.75 Å². The number of aryl methyl sites for hydroxylation is 2. The molecule has 22 heavy (non-hydrogen) atoms. The van der Waals surface area contributed by atoms with Gasteiger partial charge in [-0.15, -0.1) is 0 Å². The van der Waals surface area contributed by atoms with Crippen molar-refractivity contribution in [2.45, 2.75) is 33.6 Å². The Labute approximate surface area is 147 Å². The third-order valence-electron chi connectivity index (χ3n) is 2.78. The summed E-state index contributed by atoms with van der Waals surface area (Å²) in [5.41, 5.74) is 2.36. The van der Waals surface area contributed by atoms with Crippen molar-refractivity contribution >= 4 is 9.69 Å². The zero-order valence-electron chi connectivity index (χ0n) is 13.5. The van der Waals surface area contributed by atoms with E-state index in [0.717, 1.165) is 0 Å². The molecule has 0 bridgehead atoms. The van der Waals surface area contributed by atoms with Gasteiger partial charge in [0.15, 0.2) is 0 Å². The molecule has 0 amide bonds. The van der Waals surface area contributed by atoms with Gasteiger partial charge in [0.2, 0.25) is 11.2 Å². The SMILES string of the molecule is Cc1ccc(C(C)C)cc1.Cc1occc(=O)c1O.[CH3-].[Cl][Ru+]. The maximum absolute atomic E-state index is 10.5. The van der Waals surface area contributed by atoms with Gasteiger partial charge >= 0.3 is 27.0 Å². The van der Waals surface area contributed by atoms with Gasteiger partial charge in [0.25, 0.3) is 0 Å². The molecule has 0 unspecified atom stereocenters. The van der Waals surface area contributed by atoms with Gasteiger partial charge in [0, 0.05) is 6.07 Å². The third-order valence-corrected chi connectivity index (χ3v) is 2.78. The molecular weight excluding hydrogens is 389 g/mol. The first-order valence-corrected chi connectivity index (χ1v) is 8.63. The molecule has 3 nitrogen and oxygen atoms in total. The number of aromatic hydroxyl groups is 1. The molecule has 5 heteroatoms.